The molecule has 0 spiro atoms. The van der Waals surface area contributed by atoms with Crippen molar-refractivity contribution in [1.82, 2.24) is 15.1 Å². The molecule has 0 amide bonds. The highest BCUT2D eigenvalue weighted by Crippen LogP contribution is 2.33. The summed E-state index contributed by atoms with van der Waals surface area (Å²) in [5.41, 5.74) is 1.67. The molecule has 1 atom stereocenters. The third-order valence-corrected chi connectivity index (χ3v) is 7.71. The van der Waals surface area contributed by atoms with E-state index in [0.717, 1.165) is 28.6 Å². The highest BCUT2D eigenvalue weighted by Gasteiger charge is 2.26. The number of nitrogens with zero attached hydrogens (tertiary/aromatic N) is 2. The molecule has 1 heterocycles. The minimum atomic E-state index is -3.67. The van der Waals surface area contributed by atoms with Crippen LogP contribution in [-0.2, 0) is 27.6 Å². The third kappa shape index (κ3) is 5.57. The van der Waals surface area contributed by atoms with Crippen molar-refractivity contribution >= 4 is 43.3 Å². The van der Waals surface area contributed by atoms with E-state index in [4.69, 9.17) is 21.4 Å². The average Bonchev–Trinajstić information content (AvgIpc) is 3.18. The van der Waals surface area contributed by atoms with Crippen LogP contribution in [0.25, 0.3) is 0 Å². The van der Waals surface area contributed by atoms with E-state index in [1.54, 1.807) is 18.3 Å². The van der Waals surface area contributed by atoms with Crippen molar-refractivity contribution < 1.29 is 23.1 Å². The van der Waals surface area contributed by atoms with Gasteiger partial charge in [-0.1, -0.05) is 27.5 Å². The van der Waals surface area contributed by atoms with Crippen LogP contribution < -0.4 is 10.1 Å². The fourth-order valence-electron chi connectivity index (χ4n) is 3.78. The number of carboxylic acid groups (broad SMARTS) is 1. The highest BCUT2D eigenvalue weighted by atomic mass is 79.9. The molecule has 0 aliphatic heterocycles. The van der Waals surface area contributed by atoms with Crippen molar-refractivity contribution in [1.29, 1.82) is 0 Å². The lowest BCUT2D eigenvalue weighted by Gasteiger charge is -2.24. The molecule has 11 heteroatoms. The Balaban J connectivity index is 1.45. The molecule has 1 aromatic heterocycles. The number of nitrogens with one attached hydrogen (secondary N) is 1. The molecule has 33 heavy (non-hydrogen) atoms. The zero-order chi connectivity index (χ0) is 23.6. The SMILES string of the molecule is O=C(O)Cn1ncc2c1CCC[C@H]2NCS(=O)(=O)c1ccc(Oc2ccc(Br)cc2)c(Cl)c1. The van der Waals surface area contributed by atoms with Gasteiger partial charge in [0.25, 0.3) is 0 Å². The molecule has 2 aromatic carbocycles. The molecule has 0 radical (unpaired) electrons. The molecule has 0 unspecified atom stereocenters. The first-order valence-corrected chi connectivity index (χ1v) is 13.0. The van der Waals surface area contributed by atoms with Crippen LogP contribution in [0, 0.1) is 0 Å². The molecule has 174 valence electrons. The first-order chi connectivity index (χ1) is 15.7. The number of aromatic nitrogens is 2. The van der Waals surface area contributed by atoms with Gasteiger partial charge in [0, 0.05) is 21.8 Å². The van der Waals surface area contributed by atoms with Gasteiger partial charge in [-0.15, -0.1) is 0 Å². The van der Waals surface area contributed by atoms with Gasteiger partial charge in [-0.05, 0) is 61.7 Å². The minimum Gasteiger partial charge on any atom is -0.480 e. The van der Waals surface area contributed by atoms with Gasteiger partial charge >= 0.3 is 5.97 Å². The summed E-state index contributed by atoms with van der Waals surface area (Å²) in [5.74, 6) is -0.324. The van der Waals surface area contributed by atoms with E-state index < -0.39 is 15.8 Å². The second-order valence-corrected chi connectivity index (χ2v) is 11.0. The zero-order valence-electron chi connectivity index (χ0n) is 17.4. The normalized spacial score (nSPS) is 15.8. The Labute approximate surface area is 204 Å². The number of benzene rings is 2. The monoisotopic (exact) mass is 553 g/mol. The van der Waals surface area contributed by atoms with E-state index in [0.29, 0.717) is 17.9 Å². The van der Waals surface area contributed by atoms with Gasteiger partial charge in [0.15, 0.2) is 9.84 Å². The number of carboxylic acids is 1. The molecule has 0 bridgehead atoms. The molecule has 1 aliphatic carbocycles. The Hall–Kier alpha value is -2.40. The van der Waals surface area contributed by atoms with Gasteiger partial charge in [-0.2, -0.15) is 5.10 Å². The minimum absolute atomic E-state index is 0.0840. The topological polar surface area (TPSA) is 111 Å². The molecule has 0 saturated heterocycles. The lowest BCUT2D eigenvalue weighted by atomic mass is 9.93. The molecule has 0 fully saturated rings. The van der Waals surface area contributed by atoms with Crippen molar-refractivity contribution in [2.24, 2.45) is 0 Å². The van der Waals surface area contributed by atoms with E-state index in [1.807, 2.05) is 12.1 Å². The molecule has 1 aliphatic rings. The van der Waals surface area contributed by atoms with Gasteiger partial charge in [-0.3, -0.25) is 14.8 Å². The van der Waals surface area contributed by atoms with Crippen LogP contribution in [0.3, 0.4) is 0 Å². The Morgan fingerprint density at radius 2 is 2.03 bits per heavy atom. The number of rotatable bonds is 8. The maximum absolute atomic E-state index is 12.9. The lowest BCUT2D eigenvalue weighted by Crippen LogP contribution is -2.30. The van der Waals surface area contributed by atoms with E-state index in [2.05, 4.69) is 26.3 Å². The quantitative estimate of drug-likeness (QED) is 0.419. The summed E-state index contributed by atoms with van der Waals surface area (Å²) in [6, 6.07) is 11.4. The molecule has 2 N–H and O–H groups in total. The van der Waals surface area contributed by atoms with Crippen LogP contribution in [0.4, 0.5) is 0 Å². The fourth-order valence-corrected chi connectivity index (χ4v) is 5.48. The van der Waals surface area contributed by atoms with Crippen LogP contribution in [0.1, 0.15) is 30.1 Å². The standard InChI is InChI=1S/C22H21BrClN3O5S/c23-14-4-6-15(7-5-14)32-21-9-8-16(10-18(21)24)33(30,31)13-25-19-2-1-3-20-17(19)11-26-27(20)12-22(28)29/h4-11,19,25H,1-3,12-13H2,(H,28,29)/t19-/m1/s1. The highest BCUT2D eigenvalue weighted by molar-refractivity contribution is 9.10. The van der Waals surface area contributed by atoms with Crippen LogP contribution in [-0.4, -0.2) is 35.2 Å². The number of aliphatic carboxylic acids is 1. The van der Waals surface area contributed by atoms with E-state index >= 15 is 0 Å². The van der Waals surface area contributed by atoms with Crippen LogP contribution in [0.15, 0.2) is 58.0 Å². The number of fused-ring (bicyclic) bond motifs is 1. The summed E-state index contributed by atoms with van der Waals surface area (Å²) >= 11 is 9.66. The van der Waals surface area contributed by atoms with Crippen molar-refractivity contribution in [3.05, 3.63) is 69.4 Å². The number of halogens is 2. The van der Waals surface area contributed by atoms with Crippen molar-refractivity contribution in [2.75, 3.05) is 5.88 Å². The fraction of sp³-hybridized carbons (Fsp3) is 0.273. The van der Waals surface area contributed by atoms with Crippen molar-refractivity contribution in [3.63, 3.8) is 0 Å². The molecule has 0 saturated carbocycles. The summed E-state index contributed by atoms with van der Waals surface area (Å²) in [6.07, 6.45) is 3.88. The van der Waals surface area contributed by atoms with Crippen molar-refractivity contribution in [3.8, 4) is 11.5 Å². The average molecular weight is 555 g/mol. The third-order valence-electron chi connectivity index (χ3n) is 5.37. The van der Waals surface area contributed by atoms with Crippen LogP contribution in [0.2, 0.25) is 5.02 Å². The van der Waals surface area contributed by atoms with E-state index in [-0.39, 0.29) is 28.4 Å². The van der Waals surface area contributed by atoms with Gasteiger partial charge in [0.1, 0.15) is 23.9 Å². The zero-order valence-corrected chi connectivity index (χ0v) is 20.5. The first kappa shape index (κ1) is 23.7. The van der Waals surface area contributed by atoms with Gasteiger partial charge in [0.2, 0.25) is 0 Å². The Kier molecular flexibility index (Phi) is 7.08. The predicted octanol–water partition coefficient (Wildman–Crippen LogP) is 4.57. The predicted molar refractivity (Wildman–Crippen MR) is 126 cm³/mol. The molecule has 8 nitrogen and oxygen atoms in total. The number of ether oxygens (including phenoxy) is 1. The molecular weight excluding hydrogens is 534 g/mol. The molecule has 4 rings (SSSR count). The van der Waals surface area contributed by atoms with Gasteiger partial charge in [-0.25, -0.2) is 8.42 Å². The smallest absolute Gasteiger partial charge is 0.325 e. The Morgan fingerprint density at radius 1 is 1.27 bits per heavy atom. The molecule has 3 aromatic rings. The Morgan fingerprint density at radius 3 is 2.73 bits per heavy atom. The summed E-state index contributed by atoms with van der Waals surface area (Å²) in [4.78, 5) is 11.1. The number of carbonyl (C=O) groups is 1. The maximum atomic E-state index is 12.9. The largest absolute Gasteiger partial charge is 0.480 e. The van der Waals surface area contributed by atoms with Gasteiger partial charge in [0.05, 0.1) is 16.1 Å². The van der Waals surface area contributed by atoms with E-state index in [9.17, 15) is 13.2 Å². The van der Waals surface area contributed by atoms with Crippen LogP contribution in [0.5, 0.6) is 11.5 Å². The maximum Gasteiger partial charge on any atom is 0.325 e. The first-order valence-electron chi connectivity index (χ1n) is 10.2. The second-order valence-electron chi connectivity index (χ2n) is 7.65. The summed E-state index contributed by atoms with van der Waals surface area (Å²) in [6.45, 7) is -0.215. The van der Waals surface area contributed by atoms with Gasteiger partial charge < -0.3 is 9.84 Å². The Bertz CT molecular complexity index is 1280. The van der Waals surface area contributed by atoms with Crippen molar-refractivity contribution in [2.45, 2.75) is 36.7 Å². The summed E-state index contributed by atoms with van der Waals surface area (Å²) in [5, 5.41) is 16.5. The second kappa shape index (κ2) is 9.84. The number of hydrogen-bond acceptors (Lipinski definition) is 6. The van der Waals surface area contributed by atoms with E-state index in [1.165, 1.54) is 22.9 Å². The summed E-state index contributed by atoms with van der Waals surface area (Å²) in [7, 11) is -3.67. The molecular formula is C22H21BrClN3O5S. The number of sulfone groups is 1. The number of hydrogen-bond donors (Lipinski definition) is 2. The van der Waals surface area contributed by atoms with Crippen LogP contribution >= 0.6 is 27.5 Å². The summed E-state index contributed by atoms with van der Waals surface area (Å²) < 4.78 is 34.0. The lowest BCUT2D eigenvalue weighted by molar-refractivity contribution is -0.137.